The summed E-state index contributed by atoms with van der Waals surface area (Å²) in [5.74, 6) is -0.582. The van der Waals surface area contributed by atoms with E-state index >= 15 is 0 Å². The molecule has 1 aromatic heterocycles. The summed E-state index contributed by atoms with van der Waals surface area (Å²) in [6.07, 6.45) is 1.14. The van der Waals surface area contributed by atoms with Crippen LogP contribution >= 0.6 is 11.6 Å². The molecule has 0 saturated carbocycles. The summed E-state index contributed by atoms with van der Waals surface area (Å²) in [7, 11) is 0. The Morgan fingerprint density at radius 3 is 2.41 bits per heavy atom. The number of benzene rings is 2. The van der Waals surface area contributed by atoms with Gasteiger partial charge in [0.25, 0.3) is 11.5 Å². The highest BCUT2D eigenvalue weighted by molar-refractivity contribution is 6.31. The highest BCUT2D eigenvalue weighted by Gasteiger charge is 2.17. The van der Waals surface area contributed by atoms with E-state index in [0.717, 1.165) is 21.9 Å². The molecule has 138 valence electrons. The van der Waals surface area contributed by atoms with E-state index in [9.17, 15) is 14.4 Å². The van der Waals surface area contributed by atoms with Gasteiger partial charge in [-0.25, -0.2) is 4.79 Å². The molecule has 1 amide bonds. The van der Waals surface area contributed by atoms with Crippen molar-refractivity contribution in [2.75, 3.05) is 5.32 Å². The van der Waals surface area contributed by atoms with Gasteiger partial charge < -0.3 is 10.3 Å². The molecule has 0 unspecified atom stereocenters. The van der Waals surface area contributed by atoms with Gasteiger partial charge in [-0.15, -0.1) is 0 Å². The zero-order valence-electron chi connectivity index (χ0n) is 14.9. The molecule has 0 aliphatic carbocycles. The Balaban J connectivity index is 1.98. The molecule has 3 aromatic rings. The second-order valence-corrected chi connectivity index (χ2v) is 6.62. The van der Waals surface area contributed by atoms with Gasteiger partial charge in [-0.2, -0.15) is 0 Å². The number of carbonyl (C=O) groups excluding carboxylic acids is 1. The normalized spacial score (nSPS) is 10.6. The lowest BCUT2D eigenvalue weighted by molar-refractivity contribution is 0.102. The van der Waals surface area contributed by atoms with Crippen molar-refractivity contribution in [1.82, 2.24) is 9.55 Å². The Hall–Kier alpha value is -3.12. The Labute approximate surface area is 160 Å². The monoisotopic (exact) mass is 383 g/mol. The van der Waals surface area contributed by atoms with Crippen LogP contribution in [0.15, 0.2) is 58.3 Å². The van der Waals surface area contributed by atoms with Gasteiger partial charge in [0.05, 0.1) is 6.54 Å². The summed E-state index contributed by atoms with van der Waals surface area (Å²) in [5.41, 5.74) is 1.58. The number of para-hydroxylation sites is 1. The number of anilines is 1. The van der Waals surface area contributed by atoms with Crippen LogP contribution in [0.25, 0.3) is 0 Å². The van der Waals surface area contributed by atoms with E-state index in [-0.39, 0.29) is 12.1 Å². The maximum atomic E-state index is 12.7. The maximum absolute atomic E-state index is 12.7. The van der Waals surface area contributed by atoms with Gasteiger partial charge >= 0.3 is 5.69 Å². The van der Waals surface area contributed by atoms with Crippen molar-refractivity contribution in [2.45, 2.75) is 20.4 Å². The highest BCUT2D eigenvalue weighted by Crippen LogP contribution is 2.20. The molecule has 0 spiro atoms. The number of rotatable bonds is 4. The molecule has 1 heterocycles. The highest BCUT2D eigenvalue weighted by atomic mass is 35.5. The number of aryl methyl sites for hydroxylation is 2. The summed E-state index contributed by atoms with van der Waals surface area (Å²) >= 11 is 6.12. The fourth-order valence-corrected chi connectivity index (χ4v) is 3.00. The van der Waals surface area contributed by atoms with Gasteiger partial charge in [0.2, 0.25) is 0 Å². The fraction of sp³-hybridized carbons (Fsp3) is 0.150. The minimum atomic E-state index is -0.678. The first-order chi connectivity index (χ1) is 12.9. The minimum absolute atomic E-state index is 0.0294. The molecular formula is C20H18ClN3O3. The van der Waals surface area contributed by atoms with Crippen LogP contribution in [0.5, 0.6) is 0 Å². The van der Waals surface area contributed by atoms with Crippen LogP contribution in [0, 0.1) is 13.8 Å². The number of aromatic nitrogens is 2. The van der Waals surface area contributed by atoms with Crippen LogP contribution in [0.3, 0.4) is 0 Å². The van der Waals surface area contributed by atoms with Crippen molar-refractivity contribution >= 4 is 23.2 Å². The van der Waals surface area contributed by atoms with Crippen molar-refractivity contribution in [1.29, 1.82) is 0 Å². The average Bonchev–Trinajstić information content (AvgIpc) is 2.63. The number of aromatic amines is 1. The smallest absolute Gasteiger partial charge is 0.321 e. The van der Waals surface area contributed by atoms with Crippen molar-refractivity contribution in [3.8, 4) is 0 Å². The van der Waals surface area contributed by atoms with E-state index in [1.807, 2.05) is 32.0 Å². The quantitative estimate of drug-likeness (QED) is 0.726. The van der Waals surface area contributed by atoms with Crippen LogP contribution in [0.4, 0.5) is 5.69 Å². The first-order valence-electron chi connectivity index (χ1n) is 8.32. The van der Waals surface area contributed by atoms with Crippen LogP contribution in [0.1, 0.15) is 27.0 Å². The van der Waals surface area contributed by atoms with Gasteiger partial charge in [0.15, 0.2) is 0 Å². The number of H-pyrrole nitrogens is 1. The number of nitrogens with zero attached hydrogens (tertiary/aromatic N) is 1. The Morgan fingerprint density at radius 1 is 1.07 bits per heavy atom. The van der Waals surface area contributed by atoms with E-state index in [1.54, 1.807) is 24.3 Å². The summed E-state index contributed by atoms with van der Waals surface area (Å²) in [5, 5.41) is 3.20. The Bertz CT molecular complexity index is 1110. The third kappa shape index (κ3) is 3.85. The first kappa shape index (κ1) is 18.7. The third-order valence-corrected chi connectivity index (χ3v) is 4.68. The molecule has 2 N–H and O–H groups in total. The fourth-order valence-electron chi connectivity index (χ4n) is 2.81. The van der Waals surface area contributed by atoms with Gasteiger partial charge in [-0.05, 0) is 36.6 Å². The SMILES string of the molecule is Cc1cccc(C)c1NC(=O)c1c[nH]c(=O)n(Cc2ccccc2Cl)c1=O. The van der Waals surface area contributed by atoms with Crippen molar-refractivity contribution in [3.05, 3.63) is 96.8 Å². The van der Waals surface area contributed by atoms with Crippen molar-refractivity contribution < 1.29 is 4.79 Å². The van der Waals surface area contributed by atoms with E-state index in [2.05, 4.69) is 10.3 Å². The molecule has 0 atom stereocenters. The molecule has 0 aliphatic rings. The summed E-state index contributed by atoms with van der Waals surface area (Å²) < 4.78 is 0.959. The maximum Gasteiger partial charge on any atom is 0.328 e. The standard InChI is InChI=1S/C20H18ClN3O3/c1-12-6-5-7-13(2)17(12)23-18(25)15-10-22-20(27)24(19(15)26)11-14-8-3-4-9-16(14)21/h3-10H,11H2,1-2H3,(H,22,27)(H,23,25). The number of carbonyl (C=O) groups is 1. The third-order valence-electron chi connectivity index (χ3n) is 4.31. The van der Waals surface area contributed by atoms with Crippen LogP contribution in [-0.4, -0.2) is 15.5 Å². The molecule has 0 bridgehead atoms. The Kier molecular flexibility index (Phi) is 5.28. The first-order valence-corrected chi connectivity index (χ1v) is 8.70. The predicted molar refractivity (Wildman–Crippen MR) is 106 cm³/mol. The lowest BCUT2D eigenvalue weighted by atomic mass is 10.1. The van der Waals surface area contributed by atoms with E-state index in [0.29, 0.717) is 16.3 Å². The summed E-state index contributed by atoms with van der Waals surface area (Å²) in [6, 6.07) is 12.5. The second kappa shape index (κ2) is 7.63. The number of nitrogens with one attached hydrogen (secondary N) is 2. The van der Waals surface area contributed by atoms with Gasteiger partial charge in [-0.3, -0.25) is 14.2 Å². The van der Waals surface area contributed by atoms with Gasteiger partial charge in [0.1, 0.15) is 5.56 Å². The van der Waals surface area contributed by atoms with E-state index in [1.165, 1.54) is 0 Å². The van der Waals surface area contributed by atoms with Gasteiger partial charge in [-0.1, -0.05) is 48.0 Å². The van der Waals surface area contributed by atoms with Crippen LogP contribution < -0.4 is 16.6 Å². The molecular weight excluding hydrogens is 366 g/mol. The van der Waals surface area contributed by atoms with Crippen LogP contribution in [-0.2, 0) is 6.54 Å². The minimum Gasteiger partial charge on any atom is -0.321 e. The molecule has 7 heteroatoms. The Morgan fingerprint density at radius 2 is 1.74 bits per heavy atom. The molecule has 0 saturated heterocycles. The van der Waals surface area contributed by atoms with Crippen LogP contribution in [0.2, 0.25) is 5.02 Å². The molecule has 0 radical (unpaired) electrons. The van der Waals surface area contributed by atoms with E-state index < -0.39 is 17.2 Å². The molecule has 0 fully saturated rings. The summed E-state index contributed by atoms with van der Waals surface area (Å²) in [6.45, 7) is 3.70. The van der Waals surface area contributed by atoms with Crippen molar-refractivity contribution in [3.63, 3.8) is 0 Å². The topological polar surface area (TPSA) is 84.0 Å². The lowest BCUT2D eigenvalue weighted by Crippen LogP contribution is -2.39. The molecule has 0 aliphatic heterocycles. The lowest BCUT2D eigenvalue weighted by Gasteiger charge is -2.12. The summed E-state index contributed by atoms with van der Waals surface area (Å²) in [4.78, 5) is 40.0. The second-order valence-electron chi connectivity index (χ2n) is 6.21. The number of hydrogen-bond donors (Lipinski definition) is 2. The number of halogens is 1. The predicted octanol–water partition coefficient (Wildman–Crippen LogP) is 3.11. The number of hydrogen-bond acceptors (Lipinski definition) is 3. The molecule has 6 nitrogen and oxygen atoms in total. The molecule has 2 aromatic carbocycles. The molecule has 3 rings (SSSR count). The van der Waals surface area contributed by atoms with Gasteiger partial charge in [0, 0.05) is 16.9 Å². The molecule has 27 heavy (non-hydrogen) atoms. The van der Waals surface area contributed by atoms with E-state index in [4.69, 9.17) is 11.6 Å². The zero-order valence-corrected chi connectivity index (χ0v) is 15.6. The van der Waals surface area contributed by atoms with Crippen molar-refractivity contribution in [2.24, 2.45) is 0 Å². The largest absolute Gasteiger partial charge is 0.328 e. The zero-order chi connectivity index (χ0) is 19.6. The number of amides is 1. The average molecular weight is 384 g/mol.